The molecule has 6 nitrogen and oxygen atoms in total. The van der Waals surface area contributed by atoms with Gasteiger partial charge >= 0.3 is 0 Å². The van der Waals surface area contributed by atoms with E-state index in [1.807, 2.05) is 36.0 Å². The molecular formula is C16H24N4O2. The van der Waals surface area contributed by atoms with E-state index in [0.717, 1.165) is 25.1 Å². The molecule has 1 N–H and O–H groups in total. The van der Waals surface area contributed by atoms with Crippen molar-refractivity contribution in [3.05, 3.63) is 23.4 Å². The number of pyridine rings is 1. The minimum absolute atomic E-state index is 0.111. The van der Waals surface area contributed by atoms with E-state index >= 15 is 0 Å². The van der Waals surface area contributed by atoms with Crippen LogP contribution in [0.25, 0.3) is 0 Å². The number of rotatable bonds is 3. The van der Waals surface area contributed by atoms with Crippen molar-refractivity contribution < 1.29 is 9.59 Å². The molecule has 0 aliphatic carbocycles. The Morgan fingerprint density at radius 2 is 2.09 bits per heavy atom. The fourth-order valence-electron chi connectivity index (χ4n) is 2.85. The van der Waals surface area contributed by atoms with Crippen molar-refractivity contribution >= 4 is 17.6 Å². The quantitative estimate of drug-likeness (QED) is 0.912. The van der Waals surface area contributed by atoms with E-state index in [4.69, 9.17) is 0 Å². The highest BCUT2D eigenvalue weighted by atomic mass is 16.2. The van der Waals surface area contributed by atoms with Gasteiger partial charge in [0.15, 0.2) is 0 Å². The van der Waals surface area contributed by atoms with Crippen LogP contribution < -0.4 is 10.2 Å². The number of nitrogens with zero attached hydrogens (tertiary/aromatic N) is 3. The first kappa shape index (κ1) is 16.3. The maximum Gasteiger partial charge on any atom is 0.254 e. The molecule has 1 aromatic heterocycles. The molecule has 1 atom stereocenters. The summed E-state index contributed by atoms with van der Waals surface area (Å²) in [6.07, 6.45) is 2.00. The van der Waals surface area contributed by atoms with Crippen molar-refractivity contribution in [1.29, 1.82) is 0 Å². The molecule has 2 rings (SSSR count). The van der Waals surface area contributed by atoms with E-state index in [2.05, 4.69) is 10.3 Å². The zero-order valence-corrected chi connectivity index (χ0v) is 13.7. The second kappa shape index (κ2) is 6.77. The number of nitrogens with one attached hydrogen (secondary N) is 1. The highest BCUT2D eigenvalue weighted by Gasteiger charge is 2.25. The Labute approximate surface area is 131 Å². The van der Waals surface area contributed by atoms with Crippen LogP contribution >= 0.6 is 0 Å². The van der Waals surface area contributed by atoms with Crippen LogP contribution in [0.2, 0.25) is 0 Å². The Bertz CT molecular complexity index is 571. The SMILES string of the molecule is CNC(=O)c1ccc(C2CCCN(C(C)=O)C2)nc1N(C)C. The largest absolute Gasteiger partial charge is 0.362 e. The van der Waals surface area contributed by atoms with Gasteiger partial charge in [-0.05, 0) is 25.0 Å². The van der Waals surface area contributed by atoms with Gasteiger partial charge in [-0.25, -0.2) is 4.98 Å². The average Bonchev–Trinajstić information content (AvgIpc) is 2.53. The molecule has 0 saturated carbocycles. The minimum Gasteiger partial charge on any atom is -0.362 e. The Hall–Kier alpha value is -2.11. The molecule has 0 aromatic carbocycles. The van der Waals surface area contributed by atoms with Gasteiger partial charge in [0.2, 0.25) is 5.91 Å². The summed E-state index contributed by atoms with van der Waals surface area (Å²) in [5.74, 6) is 0.864. The molecule has 1 aliphatic rings. The van der Waals surface area contributed by atoms with Gasteiger partial charge in [-0.15, -0.1) is 0 Å². The van der Waals surface area contributed by atoms with E-state index in [0.29, 0.717) is 17.9 Å². The van der Waals surface area contributed by atoms with Gasteiger partial charge < -0.3 is 15.1 Å². The summed E-state index contributed by atoms with van der Waals surface area (Å²) in [6, 6.07) is 3.73. The predicted molar refractivity (Wildman–Crippen MR) is 86.2 cm³/mol. The van der Waals surface area contributed by atoms with Gasteiger partial charge in [0, 0.05) is 52.8 Å². The molecule has 0 bridgehead atoms. The first-order valence-corrected chi connectivity index (χ1v) is 7.60. The lowest BCUT2D eigenvalue weighted by Gasteiger charge is -2.32. The van der Waals surface area contributed by atoms with Crippen LogP contribution in [0.5, 0.6) is 0 Å². The van der Waals surface area contributed by atoms with Crippen molar-refractivity contribution in [2.45, 2.75) is 25.7 Å². The first-order chi connectivity index (χ1) is 10.4. The summed E-state index contributed by atoms with van der Waals surface area (Å²) in [4.78, 5) is 31.9. The number of anilines is 1. The number of aromatic nitrogens is 1. The monoisotopic (exact) mass is 304 g/mol. The van der Waals surface area contributed by atoms with Crippen LogP contribution in [-0.2, 0) is 4.79 Å². The fraction of sp³-hybridized carbons (Fsp3) is 0.562. The van der Waals surface area contributed by atoms with E-state index < -0.39 is 0 Å². The fourth-order valence-corrected chi connectivity index (χ4v) is 2.85. The number of hydrogen-bond acceptors (Lipinski definition) is 4. The normalized spacial score (nSPS) is 18.0. The number of likely N-dealkylation sites (tertiary alicyclic amines) is 1. The summed E-state index contributed by atoms with van der Waals surface area (Å²) in [5, 5.41) is 2.64. The highest BCUT2D eigenvalue weighted by molar-refractivity contribution is 5.98. The molecule has 2 heterocycles. The molecule has 120 valence electrons. The number of hydrogen-bond donors (Lipinski definition) is 1. The molecular weight excluding hydrogens is 280 g/mol. The third kappa shape index (κ3) is 3.37. The summed E-state index contributed by atoms with van der Waals surface area (Å²) < 4.78 is 0. The molecule has 1 aromatic rings. The van der Waals surface area contributed by atoms with Crippen molar-refractivity contribution in [3.8, 4) is 0 Å². The summed E-state index contributed by atoms with van der Waals surface area (Å²) in [5.41, 5.74) is 1.51. The van der Waals surface area contributed by atoms with Crippen molar-refractivity contribution in [3.63, 3.8) is 0 Å². The number of amides is 2. The van der Waals surface area contributed by atoms with Gasteiger partial charge in [-0.2, -0.15) is 0 Å². The van der Waals surface area contributed by atoms with E-state index in [1.165, 1.54) is 0 Å². The Morgan fingerprint density at radius 3 is 2.68 bits per heavy atom. The molecule has 1 aliphatic heterocycles. The smallest absolute Gasteiger partial charge is 0.254 e. The van der Waals surface area contributed by atoms with Crippen LogP contribution in [0, 0.1) is 0 Å². The minimum atomic E-state index is -0.142. The number of carbonyl (C=O) groups excluding carboxylic acids is 2. The molecule has 6 heteroatoms. The Balaban J connectivity index is 2.30. The molecule has 0 spiro atoms. The summed E-state index contributed by atoms with van der Waals surface area (Å²) >= 11 is 0. The number of carbonyl (C=O) groups is 2. The third-order valence-corrected chi connectivity index (χ3v) is 4.08. The zero-order chi connectivity index (χ0) is 16.3. The van der Waals surface area contributed by atoms with Crippen LogP contribution in [-0.4, -0.2) is 55.9 Å². The highest BCUT2D eigenvalue weighted by Crippen LogP contribution is 2.28. The van der Waals surface area contributed by atoms with Crippen LogP contribution in [0.4, 0.5) is 5.82 Å². The number of piperidine rings is 1. The maximum absolute atomic E-state index is 11.9. The van der Waals surface area contributed by atoms with Crippen LogP contribution in [0.15, 0.2) is 12.1 Å². The third-order valence-electron chi connectivity index (χ3n) is 4.08. The van der Waals surface area contributed by atoms with E-state index in [9.17, 15) is 9.59 Å². The van der Waals surface area contributed by atoms with Gasteiger partial charge in [0.1, 0.15) is 5.82 Å². The zero-order valence-electron chi connectivity index (χ0n) is 13.7. The van der Waals surface area contributed by atoms with E-state index in [1.54, 1.807) is 14.0 Å². The topological polar surface area (TPSA) is 65.5 Å². The second-order valence-corrected chi connectivity index (χ2v) is 5.89. The van der Waals surface area contributed by atoms with Gasteiger partial charge in [-0.1, -0.05) is 0 Å². The maximum atomic E-state index is 11.9. The predicted octanol–water partition coefficient (Wildman–Crippen LogP) is 1.23. The summed E-state index contributed by atoms with van der Waals surface area (Å²) in [6.45, 7) is 3.13. The molecule has 1 saturated heterocycles. The van der Waals surface area contributed by atoms with Gasteiger partial charge in [0.05, 0.1) is 5.56 Å². The van der Waals surface area contributed by atoms with Crippen LogP contribution in [0.1, 0.15) is 41.7 Å². The van der Waals surface area contributed by atoms with Crippen LogP contribution in [0.3, 0.4) is 0 Å². The molecule has 1 fully saturated rings. The van der Waals surface area contributed by atoms with Gasteiger partial charge in [0.25, 0.3) is 5.91 Å². The lowest BCUT2D eigenvalue weighted by Crippen LogP contribution is -2.38. The van der Waals surface area contributed by atoms with E-state index in [-0.39, 0.29) is 17.7 Å². The lowest BCUT2D eigenvalue weighted by molar-refractivity contribution is -0.130. The Morgan fingerprint density at radius 1 is 1.36 bits per heavy atom. The van der Waals surface area contributed by atoms with Crippen molar-refractivity contribution in [1.82, 2.24) is 15.2 Å². The first-order valence-electron chi connectivity index (χ1n) is 7.60. The molecule has 1 unspecified atom stereocenters. The lowest BCUT2D eigenvalue weighted by atomic mass is 9.93. The molecule has 0 radical (unpaired) electrons. The van der Waals surface area contributed by atoms with Gasteiger partial charge in [-0.3, -0.25) is 9.59 Å². The standard InChI is InChI=1S/C16H24N4O2/c1-11(21)20-9-5-6-12(10-20)14-8-7-13(16(22)17-2)15(18-14)19(3)4/h7-8,12H,5-6,9-10H2,1-4H3,(H,17,22). The summed E-state index contributed by atoms with van der Waals surface area (Å²) in [7, 11) is 5.37. The van der Waals surface area contributed by atoms with Crippen molar-refractivity contribution in [2.24, 2.45) is 0 Å². The molecule has 22 heavy (non-hydrogen) atoms. The van der Waals surface area contributed by atoms with Crippen molar-refractivity contribution in [2.75, 3.05) is 39.1 Å². The average molecular weight is 304 g/mol. The second-order valence-electron chi connectivity index (χ2n) is 5.89. The Kier molecular flexibility index (Phi) is 5.00. The molecule has 2 amide bonds.